The number of aryl methyl sites for hydroxylation is 1. The molecule has 232 valence electrons. The van der Waals surface area contributed by atoms with Crippen molar-refractivity contribution in [1.29, 1.82) is 0 Å². The van der Waals surface area contributed by atoms with Crippen LogP contribution in [0.5, 0.6) is 0 Å². The number of nitrogens with zero attached hydrogens (tertiary/aromatic N) is 7. The smallest absolute Gasteiger partial charge is 0.360 e. The lowest BCUT2D eigenvalue weighted by Gasteiger charge is -2.18. The van der Waals surface area contributed by atoms with Gasteiger partial charge in [-0.15, -0.1) is 10.2 Å². The summed E-state index contributed by atoms with van der Waals surface area (Å²) in [6.07, 6.45) is -2.98. The van der Waals surface area contributed by atoms with Gasteiger partial charge < -0.3 is 9.30 Å². The first-order valence-electron chi connectivity index (χ1n) is 14.6. The lowest BCUT2D eigenvalue weighted by Crippen LogP contribution is -2.23. The molecule has 13 heteroatoms. The van der Waals surface area contributed by atoms with Crippen LogP contribution in [0.2, 0.25) is 25.7 Å². The zero-order valence-electron chi connectivity index (χ0n) is 25.3. The van der Waals surface area contributed by atoms with Gasteiger partial charge in [0.25, 0.3) is 0 Å². The average molecular weight is 618 g/mol. The normalized spacial score (nSPS) is 17.3. The van der Waals surface area contributed by atoms with E-state index in [2.05, 4.69) is 41.7 Å². The van der Waals surface area contributed by atoms with E-state index in [9.17, 15) is 17.6 Å². The summed E-state index contributed by atoms with van der Waals surface area (Å²) in [7, 11) is 0.534. The average Bonchev–Trinajstić information content (AvgIpc) is 3.64. The van der Waals surface area contributed by atoms with Gasteiger partial charge in [-0.2, -0.15) is 18.3 Å². The molecule has 0 bridgehead atoms. The Balaban J connectivity index is 1.58. The zero-order chi connectivity index (χ0) is 30.9. The second-order valence-electron chi connectivity index (χ2n) is 12.8. The van der Waals surface area contributed by atoms with Gasteiger partial charge >= 0.3 is 6.18 Å². The van der Waals surface area contributed by atoms with Gasteiger partial charge in [-0.25, -0.2) is 14.1 Å². The van der Waals surface area contributed by atoms with Gasteiger partial charge in [-0.3, -0.25) is 4.90 Å². The maximum absolute atomic E-state index is 14.2. The Morgan fingerprint density at radius 1 is 1.16 bits per heavy atom. The second kappa shape index (κ2) is 12.4. The first-order chi connectivity index (χ1) is 20.3. The van der Waals surface area contributed by atoms with Crippen molar-refractivity contribution in [2.45, 2.75) is 77.0 Å². The fourth-order valence-corrected chi connectivity index (χ4v) is 6.15. The van der Waals surface area contributed by atoms with Gasteiger partial charge in [-0.1, -0.05) is 44.8 Å². The molecule has 8 nitrogen and oxygen atoms in total. The minimum atomic E-state index is -4.66. The molecule has 0 saturated carbocycles. The third-order valence-electron chi connectivity index (χ3n) is 7.91. The first-order valence-corrected chi connectivity index (χ1v) is 18.3. The van der Waals surface area contributed by atoms with E-state index < -0.39 is 26.1 Å². The van der Waals surface area contributed by atoms with Crippen molar-refractivity contribution in [2.24, 2.45) is 7.05 Å². The van der Waals surface area contributed by atoms with Crippen LogP contribution in [0.15, 0.2) is 36.7 Å². The Hall–Kier alpha value is -3.16. The molecule has 0 aliphatic carbocycles. The van der Waals surface area contributed by atoms with E-state index in [-0.39, 0.29) is 31.3 Å². The summed E-state index contributed by atoms with van der Waals surface area (Å²) in [5.74, 6) is 0.904. The van der Waals surface area contributed by atoms with Crippen LogP contribution in [0.3, 0.4) is 0 Å². The predicted molar refractivity (Wildman–Crippen MR) is 160 cm³/mol. The van der Waals surface area contributed by atoms with Gasteiger partial charge in [0.1, 0.15) is 42.0 Å². The summed E-state index contributed by atoms with van der Waals surface area (Å²) in [5, 5.41) is 13.0. The van der Waals surface area contributed by atoms with Gasteiger partial charge in [0.2, 0.25) is 0 Å². The van der Waals surface area contributed by atoms with Gasteiger partial charge in [-0.05, 0) is 41.6 Å². The third-order valence-corrected chi connectivity index (χ3v) is 9.61. The number of aromatic nitrogens is 6. The van der Waals surface area contributed by atoms with E-state index in [0.717, 1.165) is 23.5 Å². The Labute approximate surface area is 250 Å². The molecule has 0 unspecified atom stereocenters. The molecule has 2 atom stereocenters. The Morgan fingerprint density at radius 2 is 1.95 bits per heavy atom. The molecule has 43 heavy (non-hydrogen) atoms. The highest BCUT2D eigenvalue weighted by molar-refractivity contribution is 6.76. The standard InChI is InChI=1S/C30H39F4N7OSi/c1-20(13-26-37-35-18-39(26)2)21-7-6-8-22(14-21)27-28-29(41(38-27)19-42-11-12-43(3,4)5)23(15-25(36-28)30(32,33)34)16-40-10-9-24(31)17-40/h6-8,14-15,18,20,24H,9-13,16-17,19H2,1-5H3/t20-,24+/m1/s1. The van der Waals surface area contributed by atoms with E-state index >= 15 is 0 Å². The predicted octanol–water partition coefficient (Wildman–Crippen LogP) is 6.45. The number of alkyl halides is 4. The maximum Gasteiger partial charge on any atom is 0.433 e. The first kappa shape index (κ1) is 31.3. The van der Waals surface area contributed by atoms with E-state index in [4.69, 9.17) is 9.84 Å². The summed E-state index contributed by atoms with van der Waals surface area (Å²) in [4.78, 5) is 5.98. The Bertz CT molecular complexity index is 1560. The van der Waals surface area contributed by atoms with Gasteiger partial charge in [0.15, 0.2) is 0 Å². The van der Waals surface area contributed by atoms with E-state index in [0.29, 0.717) is 48.3 Å². The molecule has 5 rings (SSSR count). The molecule has 1 saturated heterocycles. The van der Waals surface area contributed by atoms with E-state index in [1.54, 1.807) is 11.0 Å². The molecule has 0 amide bonds. The Morgan fingerprint density at radius 3 is 2.60 bits per heavy atom. The summed E-state index contributed by atoms with van der Waals surface area (Å²) in [5.41, 5.74) is 2.07. The van der Waals surface area contributed by atoms with Gasteiger partial charge in [0.05, 0.1) is 5.52 Å². The largest absolute Gasteiger partial charge is 0.433 e. The number of ether oxygens (including phenoxy) is 1. The second-order valence-corrected chi connectivity index (χ2v) is 18.4. The van der Waals surface area contributed by atoms with Crippen LogP contribution in [0.25, 0.3) is 22.3 Å². The minimum Gasteiger partial charge on any atom is -0.360 e. The Kier molecular flexibility index (Phi) is 9.05. The monoisotopic (exact) mass is 617 g/mol. The van der Waals surface area contributed by atoms with Crippen molar-refractivity contribution >= 4 is 19.1 Å². The van der Waals surface area contributed by atoms with E-state index in [1.807, 2.05) is 40.8 Å². The highest BCUT2D eigenvalue weighted by Crippen LogP contribution is 2.36. The topological polar surface area (TPSA) is 73.9 Å². The number of fused-ring (bicyclic) bond motifs is 1. The number of benzene rings is 1. The molecule has 3 aromatic heterocycles. The molecule has 1 aliphatic rings. The van der Waals surface area contributed by atoms with Crippen LogP contribution in [-0.2, 0) is 37.7 Å². The molecule has 1 aromatic carbocycles. The van der Waals surface area contributed by atoms with Crippen LogP contribution in [0, 0.1) is 0 Å². The molecular formula is C30H39F4N7OSi. The van der Waals surface area contributed by atoms with Crippen molar-refractivity contribution in [2.75, 3.05) is 19.7 Å². The lowest BCUT2D eigenvalue weighted by atomic mass is 9.95. The SMILES string of the molecule is C[C@H](Cc1nncn1C)c1cccc(-c2nn(COCC[Si](C)(C)C)c3c(CN4CC[C@H](F)C4)cc(C(F)(F)F)nc23)c1. The van der Waals surface area contributed by atoms with Crippen LogP contribution < -0.4 is 0 Å². The number of pyridine rings is 1. The summed E-state index contributed by atoms with van der Waals surface area (Å²) >= 11 is 0. The summed E-state index contributed by atoms with van der Waals surface area (Å²) < 4.78 is 66.0. The van der Waals surface area contributed by atoms with Gasteiger partial charge in [0, 0.05) is 53.3 Å². The zero-order valence-corrected chi connectivity index (χ0v) is 26.3. The molecule has 1 fully saturated rings. The lowest BCUT2D eigenvalue weighted by molar-refractivity contribution is -0.141. The number of rotatable bonds is 11. The molecular weight excluding hydrogens is 578 g/mol. The summed E-state index contributed by atoms with van der Waals surface area (Å²) in [6.45, 7) is 10.3. The molecule has 4 heterocycles. The number of hydrogen-bond acceptors (Lipinski definition) is 6. The van der Waals surface area contributed by atoms with Crippen LogP contribution in [0.4, 0.5) is 17.6 Å². The number of likely N-dealkylation sites (tertiary alicyclic amines) is 1. The number of halogens is 4. The molecule has 0 spiro atoms. The fraction of sp³-hybridized carbons (Fsp3) is 0.533. The van der Waals surface area contributed by atoms with Crippen LogP contribution >= 0.6 is 0 Å². The van der Waals surface area contributed by atoms with Crippen molar-refractivity contribution in [1.82, 2.24) is 34.4 Å². The van der Waals surface area contributed by atoms with Crippen molar-refractivity contribution in [3.8, 4) is 11.3 Å². The van der Waals surface area contributed by atoms with Crippen molar-refractivity contribution < 1.29 is 22.3 Å². The van der Waals surface area contributed by atoms with Crippen LogP contribution in [-0.4, -0.2) is 68.4 Å². The van der Waals surface area contributed by atoms with E-state index in [1.165, 1.54) is 0 Å². The van der Waals surface area contributed by atoms with Crippen molar-refractivity contribution in [3.05, 3.63) is 59.3 Å². The molecule has 4 aromatic rings. The molecule has 1 aliphatic heterocycles. The third kappa shape index (κ3) is 7.50. The molecule has 0 N–H and O–H groups in total. The maximum atomic E-state index is 14.2. The molecule has 0 radical (unpaired) electrons. The fourth-order valence-electron chi connectivity index (χ4n) is 5.39. The summed E-state index contributed by atoms with van der Waals surface area (Å²) in [6, 6.07) is 9.69. The highest BCUT2D eigenvalue weighted by atomic mass is 28.3. The highest BCUT2D eigenvalue weighted by Gasteiger charge is 2.35. The number of hydrogen-bond donors (Lipinski definition) is 0. The van der Waals surface area contributed by atoms with Crippen LogP contribution in [0.1, 0.15) is 41.9 Å². The minimum absolute atomic E-state index is 0.0687. The van der Waals surface area contributed by atoms with Crippen molar-refractivity contribution in [3.63, 3.8) is 0 Å². The quantitative estimate of drug-likeness (QED) is 0.109.